The van der Waals surface area contributed by atoms with Gasteiger partial charge in [-0.25, -0.2) is 4.79 Å². The summed E-state index contributed by atoms with van der Waals surface area (Å²) in [5.41, 5.74) is -0.921. The average Bonchev–Trinajstić information content (AvgIpc) is 2.98. The predicted octanol–water partition coefficient (Wildman–Crippen LogP) is 1.32. The second kappa shape index (κ2) is 12.4. The number of hydroxylamine groups is 2. The van der Waals surface area contributed by atoms with Crippen LogP contribution in [0.25, 0.3) is 0 Å². The molecule has 0 bridgehead atoms. The first-order valence-corrected chi connectivity index (χ1v) is 10.2. The maximum absolute atomic E-state index is 11.9. The Hall–Kier alpha value is -2.53. The van der Waals surface area contributed by atoms with Crippen molar-refractivity contribution < 1.29 is 38.7 Å². The van der Waals surface area contributed by atoms with Crippen molar-refractivity contribution in [3.63, 3.8) is 0 Å². The highest BCUT2D eigenvalue weighted by molar-refractivity contribution is 6.01. The minimum atomic E-state index is -0.808. The SMILES string of the molecule is CC(C)(CCOC(C)(C)CCNC(=O)CCC(=O)ON1C(=O)CCC1=O)OC/C=N/O. The third-order valence-corrected chi connectivity index (χ3v) is 4.63. The molecule has 11 heteroatoms. The molecule has 1 fully saturated rings. The first-order chi connectivity index (χ1) is 14.5. The molecule has 0 aromatic carbocycles. The maximum Gasteiger partial charge on any atom is 0.333 e. The van der Waals surface area contributed by atoms with Crippen molar-refractivity contribution >= 4 is 29.9 Å². The summed E-state index contributed by atoms with van der Waals surface area (Å²) in [5.74, 6) is -2.26. The summed E-state index contributed by atoms with van der Waals surface area (Å²) in [6, 6.07) is 0. The highest BCUT2D eigenvalue weighted by atomic mass is 16.7. The van der Waals surface area contributed by atoms with Crippen LogP contribution in [0.1, 0.15) is 66.2 Å². The van der Waals surface area contributed by atoms with Crippen molar-refractivity contribution in [2.24, 2.45) is 5.16 Å². The molecule has 0 atom stereocenters. The standard InChI is InChI=1S/C20H33N3O8/c1-19(2,29-13-10-20(3,4)30-14-12-22-28)9-11-21-15(24)5-8-18(27)31-23-16(25)6-7-17(23)26/h12,28H,5-11,13-14H2,1-4H3,(H,21,24)/b22-12+. The van der Waals surface area contributed by atoms with E-state index in [4.69, 9.17) is 19.5 Å². The van der Waals surface area contributed by atoms with Crippen molar-refractivity contribution in [3.8, 4) is 0 Å². The van der Waals surface area contributed by atoms with Gasteiger partial charge < -0.3 is 24.8 Å². The third kappa shape index (κ3) is 10.9. The summed E-state index contributed by atoms with van der Waals surface area (Å²) in [6.07, 6.45) is 2.14. The Morgan fingerprint density at radius 3 is 2.29 bits per heavy atom. The molecule has 1 aliphatic rings. The smallest absolute Gasteiger partial charge is 0.333 e. The zero-order valence-corrected chi connectivity index (χ0v) is 18.6. The van der Waals surface area contributed by atoms with E-state index in [1.165, 1.54) is 6.21 Å². The fourth-order valence-corrected chi connectivity index (χ4v) is 2.63. The molecule has 3 amide bonds. The van der Waals surface area contributed by atoms with Crippen LogP contribution in [0.4, 0.5) is 0 Å². The molecule has 0 unspecified atom stereocenters. The first kappa shape index (κ1) is 26.5. The highest BCUT2D eigenvalue weighted by Crippen LogP contribution is 2.19. The van der Waals surface area contributed by atoms with Gasteiger partial charge in [-0.2, -0.15) is 0 Å². The van der Waals surface area contributed by atoms with Crippen LogP contribution in [0, 0.1) is 0 Å². The fourth-order valence-electron chi connectivity index (χ4n) is 2.63. The Balaban J connectivity index is 2.21. The number of carbonyl (C=O) groups excluding carboxylic acids is 4. The van der Waals surface area contributed by atoms with Gasteiger partial charge in [0.2, 0.25) is 5.91 Å². The van der Waals surface area contributed by atoms with Gasteiger partial charge in [-0.1, -0.05) is 5.16 Å². The third-order valence-electron chi connectivity index (χ3n) is 4.63. The molecule has 176 valence electrons. The number of hydrogen-bond acceptors (Lipinski definition) is 9. The number of rotatable bonds is 14. The van der Waals surface area contributed by atoms with Crippen molar-refractivity contribution in [1.82, 2.24) is 10.4 Å². The van der Waals surface area contributed by atoms with Crippen molar-refractivity contribution in [2.75, 3.05) is 19.8 Å². The number of nitrogens with one attached hydrogen (secondary N) is 1. The number of hydrogen-bond donors (Lipinski definition) is 2. The number of ether oxygens (including phenoxy) is 2. The zero-order valence-electron chi connectivity index (χ0n) is 18.6. The predicted molar refractivity (Wildman–Crippen MR) is 109 cm³/mol. The Kier molecular flexibility index (Phi) is 10.6. The van der Waals surface area contributed by atoms with E-state index < -0.39 is 29.0 Å². The molecule has 1 aliphatic heterocycles. The zero-order chi connectivity index (χ0) is 23.5. The van der Waals surface area contributed by atoms with Crippen molar-refractivity contribution in [3.05, 3.63) is 0 Å². The molecule has 0 saturated carbocycles. The summed E-state index contributed by atoms with van der Waals surface area (Å²) in [5, 5.41) is 14.5. The van der Waals surface area contributed by atoms with Crippen molar-refractivity contribution in [2.45, 2.75) is 77.4 Å². The Bertz CT molecular complexity index is 659. The van der Waals surface area contributed by atoms with Gasteiger partial charge in [0.15, 0.2) is 0 Å². The summed E-state index contributed by atoms with van der Waals surface area (Å²) < 4.78 is 11.5. The summed E-state index contributed by atoms with van der Waals surface area (Å²) >= 11 is 0. The molecule has 31 heavy (non-hydrogen) atoms. The molecule has 0 aliphatic carbocycles. The van der Waals surface area contributed by atoms with Gasteiger partial charge in [0.25, 0.3) is 11.8 Å². The minimum Gasteiger partial charge on any atom is -0.411 e. The lowest BCUT2D eigenvalue weighted by Gasteiger charge is -2.29. The van der Waals surface area contributed by atoms with E-state index in [0.29, 0.717) is 31.1 Å². The molecule has 0 aromatic rings. The number of amides is 3. The van der Waals surface area contributed by atoms with E-state index in [-0.39, 0.29) is 38.2 Å². The summed E-state index contributed by atoms with van der Waals surface area (Å²) in [4.78, 5) is 51.1. The van der Waals surface area contributed by atoms with Crippen LogP contribution >= 0.6 is 0 Å². The number of imide groups is 1. The van der Waals surface area contributed by atoms with Gasteiger partial charge in [-0.15, -0.1) is 5.06 Å². The summed E-state index contributed by atoms with van der Waals surface area (Å²) in [6.45, 7) is 8.66. The number of oxime groups is 1. The maximum atomic E-state index is 11.9. The van der Waals surface area contributed by atoms with E-state index in [0.717, 1.165) is 0 Å². The monoisotopic (exact) mass is 443 g/mol. The first-order valence-electron chi connectivity index (χ1n) is 10.2. The molecule has 1 rings (SSSR count). The van der Waals surface area contributed by atoms with Crippen LogP contribution in [0.2, 0.25) is 0 Å². The van der Waals surface area contributed by atoms with E-state index in [9.17, 15) is 19.2 Å². The van der Waals surface area contributed by atoms with Crippen LogP contribution in [-0.2, 0) is 33.5 Å². The molecule has 11 nitrogen and oxygen atoms in total. The fraction of sp³-hybridized carbons (Fsp3) is 0.750. The normalized spacial score (nSPS) is 15.0. The number of carbonyl (C=O) groups is 4. The Morgan fingerprint density at radius 1 is 1.06 bits per heavy atom. The van der Waals surface area contributed by atoms with E-state index in [1.807, 2.05) is 27.7 Å². The van der Waals surface area contributed by atoms with Gasteiger partial charge in [0.05, 0.1) is 37.1 Å². The van der Waals surface area contributed by atoms with E-state index in [2.05, 4.69) is 10.5 Å². The quantitative estimate of drug-likeness (QED) is 0.177. The Labute approximate surface area is 182 Å². The van der Waals surface area contributed by atoms with E-state index in [1.54, 1.807) is 0 Å². The van der Waals surface area contributed by atoms with Crippen molar-refractivity contribution in [1.29, 1.82) is 0 Å². The molecular weight excluding hydrogens is 410 g/mol. The molecule has 0 aromatic heterocycles. The van der Waals surface area contributed by atoms with Gasteiger partial charge >= 0.3 is 5.97 Å². The van der Waals surface area contributed by atoms with Crippen LogP contribution in [0.15, 0.2) is 5.16 Å². The lowest BCUT2D eigenvalue weighted by molar-refractivity contribution is -0.197. The van der Waals surface area contributed by atoms with Gasteiger partial charge in [0.1, 0.15) is 0 Å². The number of nitrogens with zero attached hydrogens (tertiary/aromatic N) is 2. The van der Waals surface area contributed by atoms with Gasteiger partial charge in [-0.3, -0.25) is 14.4 Å². The van der Waals surface area contributed by atoms with E-state index >= 15 is 0 Å². The largest absolute Gasteiger partial charge is 0.411 e. The second-order valence-corrected chi connectivity index (χ2v) is 8.37. The van der Waals surface area contributed by atoms with Crippen LogP contribution in [-0.4, -0.2) is 71.1 Å². The van der Waals surface area contributed by atoms with Gasteiger partial charge in [0, 0.05) is 25.8 Å². The molecule has 2 N–H and O–H groups in total. The van der Waals surface area contributed by atoms with Crippen LogP contribution < -0.4 is 5.32 Å². The molecule has 0 spiro atoms. The highest BCUT2D eigenvalue weighted by Gasteiger charge is 2.32. The van der Waals surface area contributed by atoms with Crippen LogP contribution in [0.3, 0.4) is 0 Å². The average molecular weight is 443 g/mol. The molecule has 1 heterocycles. The second-order valence-electron chi connectivity index (χ2n) is 8.37. The molecule has 0 radical (unpaired) electrons. The lowest BCUT2D eigenvalue weighted by atomic mass is 10.0. The molecule has 1 saturated heterocycles. The molecular formula is C20H33N3O8. The Morgan fingerprint density at radius 2 is 1.68 bits per heavy atom. The van der Waals surface area contributed by atoms with Gasteiger partial charge in [-0.05, 0) is 40.5 Å². The van der Waals surface area contributed by atoms with Crippen LogP contribution in [0.5, 0.6) is 0 Å². The lowest BCUT2D eigenvalue weighted by Crippen LogP contribution is -2.35. The minimum absolute atomic E-state index is 0.0213. The summed E-state index contributed by atoms with van der Waals surface area (Å²) in [7, 11) is 0. The topological polar surface area (TPSA) is 144 Å².